The molecular formula is C20H33N5O14. The number of carbonyl (C=O) groups is 7. The van der Waals surface area contributed by atoms with Crippen molar-refractivity contribution in [2.24, 2.45) is 0 Å². The van der Waals surface area contributed by atoms with Crippen molar-refractivity contribution in [1.29, 1.82) is 0 Å². The minimum atomic E-state index is -1.62. The lowest BCUT2D eigenvalue weighted by atomic mass is 10.3. The summed E-state index contributed by atoms with van der Waals surface area (Å²) < 4.78 is 0. The molecule has 2 atom stereocenters. The minimum absolute atomic E-state index is 0.145. The van der Waals surface area contributed by atoms with Crippen LogP contribution in [0.25, 0.3) is 0 Å². The molecule has 0 aromatic carbocycles. The quantitative estimate of drug-likeness (QED) is 0.0588. The van der Waals surface area contributed by atoms with Crippen LogP contribution in [0.4, 0.5) is 0 Å². The minimum Gasteiger partial charge on any atom is -0.480 e. The number of nitrogens with one attached hydrogen (secondary N) is 2. The number of aliphatic hydroxyl groups is 2. The summed E-state index contributed by atoms with van der Waals surface area (Å²) in [6.45, 7) is -5.63. The second-order valence-electron chi connectivity index (χ2n) is 8.16. The lowest BCUT2D eigenvalue weighted by Gasteiger charge is -2.28. The number of rotatable bonds is 22. The molecule has 222 valence electrons. The van der Waals surface area contributed by atoms with Crippen molar-refractivity contribution < 1.29 is 69.3 Å². The van der Waals surface area contributed by atoms with Gasteiger partial charge in [-0.1, -0.05) is 0 Å². The fourth-order valence-corrected chi connectivity index (χ4v) is 3.09. The molecule has 0 aromatic rings. The van der Waals surface area contributed by atoms with E-state index in [1.54, 1.807) is 0 Å². The van der Waals surface area contributed by atoms with E-state index in [0.717, 1.165) is 9.80 Å². The Morgan fingerprint density at radius 2 is 0.769 bits per heavy atom. The lowest BCUT2D eigenvalue weighted by Crippen LogP contribution is -2.50. The summed E-state index contributed by atoms with van der Waals surface area (Å²) in [5.74, 6) is -8.83. The molecule has 0 aromatic heterocycles. The predicted octanol–water partition coefficient (Wildman–Crippen LogP) is -5.73. The summed E-state index contributed by atoms with van der Waals surface area (Å²) in [5, 5.41) is 67.3. The Hall–Kier alpha value is -3.91. The SMILES string of the molecule is O=C(O)CN(CCN(CC(=O)O)CC(=O)N[C@@H](CO)C(=O)O)CCN(CC(=O)O)CC(=O)N[C@@H](CO)C(=O)O. The Bertz CT molecular complexity index is 823. The van der Waals surface area contributed by atoms with Crippen LogP contribution in [0.5, 0.6) is 0 Å². The summed E-state index contributed by atoms with van der Waals surface area (Å²) in [6.07, 6.45) is 0. The van der Waals surface area contributed by atoms with Gasteiger partial charge < -0.3 is 46.4 Å². The van der Waals surface area contributed by atoms with Gasteiger partial charge in [0.05, 0.1) is 45.9 Å². The number of aliphatic carboxylic acids is 5. The average Bonchev–Trinajstić information content (AvgIpc) is 2.80. The van der Waals surface area contributed by atoms with Crippen molar-refractivity contribution in [2.75, 3.05) is 72.1 Å². The van der Waals surface area contributed by atoms with E-state index in [9.17, 15) is 38.7 Å². The molecule has 0 heterocycles. The molecule has 0 bridgehead atoms. The summed E-state index contributed by atoms with van der Waals surface area (Å²) in [5.41, 5.74) is 0. The monoisotopic (exact) mass is 567 g/mol. The molecule has 0 aliphatic carbocycles. The highest BCUT2D eigenvalue weighted by Gasteiger charge is 2.24. The van der Waals surface area contributed by atoms with Crippen LogP contribution in [0.3, 0.4) is 0 Å². The first-order valence-corrected chi connectivity index (χ1v) is 11.3. The first-order chi connectivity index (χ1) is 18.2. The molecule has 0 aliphatic heterocycles. The van der Waals surface area contributed by atoms with Crippen molar-refractivity contribution in [2.45, 2.75) is 12.1 Å². The Balaban J connectivity index is 5.32. The van der Waals surface area contributed by atoms with Gasteiger partial charge in [0.2, 0.25) is 11.8 Å². The van der Waals surface area contributed by atoms with Crippen molar-refractivity contribution in [3.8, 4) is 0 Å². The van der Waals surface area contributed by atoms with Gasteiger partial charge in [-0.2, -0.15) is 0 Å². The van der Waals surface area contributed by atoms with Crippen LogP contribution in [0.15, 0.2) is 0 Å². The molecule has 0 aliphatic rings. The zero-order chi connectivity index (χ0) is 30.1. The molecule has 0 saturated heterocycles. The number of nitrogens with zero attached hydrogens (tertiary/aromatic N) is 3. The van der Waals surface area contributed by atoms with Gasteiger partial charge in [0, 0.05) is 26.2 Å². The Morgan fingerprint density at radius 1 is 0.487 bits per heavy atom. The molecule has 0 spiro atoms. The molecule has 0 fully saturated rings. The molecule has 19 nitrogen and oxygen atoms in total. The Labute approximate surface area is 221 Å². The van der Waals surface area contributed by atoms with Crippen LogP contribution >= 0.6 is 0 Å². The number of aliphatic hydroxyl groups excluding tert-OH is 2. The molecule has 39 heavy (non-hydrogen) atoms. The number of hydrogen-bond donors (Lipinski definition) is 9. The predicted molar refractivity (Wildman–Crippen MR) is 126 cm³/mol. The number of carboxylic acid groups (broad SMARTS) is 5. The third-order valence-corrected chi connectivity index (χ3v) is 4.91. The maximum absolute atomic E-state index is 12.1. The molecule has 9 N–H and O–H groups in total. The van der Waals surface area contributed by atoms with Crippen LogP contribution in [0, 0.1) is 0 Å². The number of carboxylic acids is 5. The van der Waals surface area contributed by atoms with Crippen LogP contribution in [-0.4, -0.2) is 176 Å². The summed E-state index contributed by atoms with van der Waals surface area (Å²) >= 11 is 0. The van der Waals surface area contributed by atoms with E-state index in [1.807, 2.05) is 10.6 Å². The van der Waals surface area contributed by atoms with E-state index < -0.39 is 99.7 Å². The first-order valence-electron chi connectivity index (χ1n) is 11.3. The molecule has 2 amide bonds. The fraction of sp³-hybridized carbons (Fsp3) is 0.650. The zero-order valence-electron chi connectivity index (χ0n) is 20.8. The van der Waals surface area contributed by atoms with E-state index in [0.29, 0.717) is 0 Å². The van der Waals surface area contributed by atoms with Crippen LogP contribution in [-0.2, 0) is 33.6 Å². The molecule has 0 rings (SSSR count). The molecule has 0 saturated carbocycles. The second kappa shape index (κ2) is 18.4. The second-order valence-corrected chi connectivity index (χ2v) is 8.16. The van der Waals surface area contributed by atoms with Gasteiger partial charge in [0.15, 0.2) is 0 Å². The molecule has 0 unspecified atom stereocenters. The van der Waals surface area contributed by atoms with Crippen LogP contribution in [0.2, 0.25) is 0 Å². The number of amides is 2. The van der Waals surface area contributed by atoms with Crippen molar-refractivity contribution in [3.63, 3.8) is 0 Å². The van der Waals surface area contributed by atoms with E-state index in [1.165, 1.54) is 4.90 Å². The Kier molecular flexibility index (Phi) is 16.5. The third kappa shape index (κ3) is 16.5. The van der Waals surface area contributed by atoms with Gasteiger partial charge in [-0.25, -0.2) is 9.59 Å². The Morgan fingerprint density at radius 3 is 1.03 bits per heavy atom. The normalized spacial score (nSPS) is 12.6. The van der Waals surface area contributed by atoms with Gasteiger partial charge in [-0.15, -0.1) is 0 Å². The number of hydrogen-bond acceptors (Lipinski definition) is 12. The van der Waals surface area contributed by atoms with Gasteiger partial charge in [0.25, 0.3) is 0 Å². The van der Waals surface area contributed by atoms with Crippen molar-refractivity contribution in [3.05, 3.63) is 0 Å². The molecule has 19 heteroatoms. The van der Waals surface area contributed by atoms with Gasteiger partial charge in [0.1, 0.15) is 12.1 Å². The highest BCUT2D eigenvalue weighted by Crippen LogP contribution is 1.98. The van der Waals surface area contributed by atoms with Crippen LogP contribution < -0.4 is 10.6 Å². The topological polar surface area (TPSA) is 295 Å². The van der Waals surface area contributed by atoms with Crippen molar-refractivity contribution >= 4 is 41.7 Å². The maximum atomic E-state index is 12.1. The first kappa shape index (κ1) is 35.1. The largest absolute Gasteiger partial charge is 0.480 e. The molecular weight excluding hydrogens is 534 g/mol. The highest BCUT2D eigenvalue weighted by atomic mass is 16.4. The van der Waals surface area contributed by atoms with E-state index in [2.05, 4.69) is 0 Å². The van der Waals surface area contributed by atoms with E-state index >= 15 is 0 Å². The van der Waals surface area contributed by atoms with Gasteiger partial charge in [-0.3, -0.25) is 38.7 Å². The average molecular weight is 568 g/mol. The summed E-state index contributed by atoms with van der Waals surface area (Å²) in [6, 6.07) is -3.23. The lowest BCUT2D eigenvalue weighted by molar-refractivity contribution is -0.144. The molecule has 0 radical (unpaired) electrons. The van der Waals surface area contributed by atoms with E-state index in [-0.39, 0.29) is 26.2 Å². The van der Waals surface area contributed by atoms with Crippen molar-refractivity contribution in [1.82, 2.24) is 25.3 Å². The zero-order valence-corrected chi connectivity index (χ0v) is 20.8. The summed E-state index contributed by atoms with van der Waals surface area (Å²) in [4.78, 5) is 83.2. The third-order valence-electron chi connectivity index (χ3n) is 4.91. The number of carbonyl (C=O) groups excluding carboxylic acids is 2. The van der Waals surface area contributed by atoms with Crippen LogP contribution in [0.1, 0.15) is 0 Å². The fourth-order valence-electron chi connectivity index (χ4n) is 3.09. The van der Waals surface area contributed by atoms with Gasteiger partial charge in [-0.05, 0) is 0 Å². The summed E-state index contributed by atoms with van der Waals surface area (Å²) in [7, 11) is 0. The maximum Gasteiger partial charge on any atom is 0.328 e. The van der Waals surface area contributed by atoms with Gasteiger partial charge >= 0.3 is 29.8 Å². The standard InChI is InChI=1S/C20H33N5O14/c26-10-12(19(36)37)21-14(28)5-24(8-17(32)33)3-1-23(7-16(30)31)2-4-25(9-18(34)35)6-15(29)22-13(11-27)20(38)39/h12-13,26-27H,1-11H2,(H,21,28)(H,22,29)(H,30,31)(H,32,33)(H,34,35)(H,36,37)(H,38,39)/t12-,13-/m0/s1. The van der Waals surface area contributed by atoms with E-state index in [4.69, 9.17) is 30.6 Å². The smallest absolute Gasteiger partial charge is 0.328 e. The highest BCUT2D eigenvalue weighted by molar-refractivity contribution is 5.85.